The summed E-state index contributed by atoms with van der Waals surface area (Å²) >= 11 is 0. The van der Waals surface area contributed by atoms with Crippen molar-refractivity contribution in [1.29, 1.82) is 0 Å². The summed E-state index contributed by atoms with van der Waals surface area (Å²) in [5.74, 6) is 1.04. The second kappa shape index (κ2) is 2.16. The number of benzene rings is 1. The van der Waals surface area contributed by atoms with Crippen LogP contribution in [-0.2, 0) is 6.42 Å². The van der Waals surface area contributed by atoms with Crippen LogP contribution < -0.4 is 10.5 Å². The van der Waals surface area contributed by atoms with Gasteiger partial charge < -0.3 is 10.5 Å². The Morgan fingerprint density at radius 3 is 3.09 bits per heavy atom. The number of ether oxygens (including phenoxy) is 1. The fraction of sp³-hybridized carbons (Fsp3) is 0.333. The lowest BCUT2D eigenvalue weighted by atomic mass is 10.1. The summed E-state index contributed by atoms with van der Waals surface area (Å²) in [4.78, 5) is 0. The first-order valence-corrected chi connectivity index (χ1v) is 3.79. The van der Waals surface area contributed by atoms with Crippen LogP contribution in [0.4, 0.5) is 5.69 Å². The van der Waals surface area contributed by atoms with Gasteiger partial charge in [0.1, 0.15) is 5.75 Å². The third-order valence-electron chi connectivity index (χ3n) is 1.99. The zero-order valence-corrected chi connectivity index (χ0v) is 6.55. The first-order valence-electron chi connectivity index (χ1n) is 3.79. The van der Waals surface area contributed by atoms with Gasteiger partial charge >= 0.3 is 0 Å². The van der Waals surface area contributed by atoms with Crippen LogP contribution in [-0.4, -0.2) is 6.61 Å². The molecule has 0 saturated heterocycles. The average molecular weight is 149 g/mol. The molecule has 0 aliphatic carbocycles. The number of hydrogen-bond acceptors (Lipinski definition) is 2. The Balaban J connectivity index is 2.60. The summed E-state index contributed by atoms with van der Waals surface area (Å²) in [5, 5.41) is 0. The smallest absolute Gasteiger partial charge is 0.125 e. The molecule has 2 heteroatoms. The van der Waals surface area contributed by atoms with E-state index in [4.69, 9.17) is 10.5 Å². The van der Waals surface area contributed by atoms with E-state index in [0.717, 1.165) is 30.0 Å². The maximum atomic E-state index is 5.68. The van der Waals surface area contributed by atoms with E-state index in [2.05, 4.69) is 0 Å². The molecule has 2 N–H and O–H groups in total. The van der Waals surface area contributed by atoms with Gasteiger partial charge in [-0.3, -0.25) is 0 Å². The second-order valence-electron chi connectivity index (χ2n) is 2.92. The van der Waals surface area contributed by atoms with Crippen LogP contribution in [0, 0.1) is 6.92 Å². The molecule has 2 nitrogen and oxygen atoms in total. The topological polar surface area (TPSA) is 35.2 Å². The van der Waals surface area contributed by atoms with Crippen LogP contribution in [0.1, 0.15) is 11.1 Å². The van der Waals surface area contributed by atoms with Gasteiger partial charge in [-0.05, 0) is 30.2 Å². The Bertz CT molecular complexity index is 294. The SMILES string of the molecule is Cc1cc(N)cc2c1OCC2. The lowest BCUT2D eigenvalue weighted by Crippen LogP contribution is -1.89. The first-order chi connectivity index (χ1) is 5.27. The zero-order chi connectivity index (χ0) is 7.84. The summed E-state index contributed by atoms with van der Waals surface area (Å²) in [5.41, 5.74) is 8.92. The normalized spacial score (nSPS) is 14.3. The van der Waals surface area contributed by atoms with E-state index < -0.39 is 0 Å². The van der Waals surface area contributed by atoms with Crippen LogP contribution in [0.25, 0.3) is 0 Å². The summed E-state index contributed by atoms with van der Waals surface area (Å²) in [6.45, 7) is 2.83. The van der Waals surface area contributed by atoms with Gasteiger partial charge in [0.15, 0.2) is 0 Å². The number of nitrogens with two attached hydrogens (primary N) is 1. The Morgan fingerprint density at radius 2 is 2.27 bits per heavy atom. The molecule has 0 atom stereocenters. The number of aryl methyl sites for hydroxylation is 1. The molecule has 1 aliphatic rings. The van der Waals surface area contributed by atoms with E-state index >= 15 is 0 Å². The van der Waals surface area contributed by atoms with Gasteiger partial charge in [-0.15, -0.1) is 0 Å². The summed E-state index contributed by atoms with van der Waals surface area (Å²) in [6.07, 6.45) is 1.00. The van der Waals surface area contributed by atoms with E-state index in [-0.39, 0.29) is 0 Å². The monoisotopic (exact) mass is 149 g/mol. The number of rotatable bonds is 0. The molecule has 1 aromatic carbocycles. The van der Waals surface area contributed by atoms with Gasteiger partial charge in [0, 0.05) is 12.1 Å². The maximum Gasteiger partial charge on any atom is 0.125 e. The van der Waals surface area contributed by atoms with Gasteiger partial charge in [0.05, 0.1) is 6.61 Å². The van der Waals surface area contributed by atoms with E-state index in [0.29, 0.717) is 0 Å². The molecule has 0 aromatic heterocycles. The van der Waals surface area contributed by atoms with E-state index in [1.54, 1.807) is 0 Å². The minimum atomic E-state index is 0.805. The number of fused-ring (bicyclic) bond motifs is 1. The van der Waals surface area contributed by atoms with Gasteiger partial charge in [-0.2, -0.15) is 0 Å². The standard InChI is InChI=1S/C9H11NO/c1-6-4-8(10)5-7-2-3-11-9(6)7/h4-5H,2-3,10H2,1H3. The van der Waals surface area contributed by atoms with E-state index in [1.807, 2.05) is 19.1 Å². The van der Waals surface area contributed by atoms with Crippen molar-refractivity contribution >= 4 is 5.69 Å². The molecule has 0 bridgehead atoms. The molecule has 1 heterocycles. The fourth-order valence-electron chi connectivity index (χ4n) is 1.53. The molecule has 0 spiro atoms. The van der Waals surface area contributed by atoms with Crippen molar-refractivity contribution < 1.29 is 4.74 Å². The average Bonchev–Trinajstić information content (AvgIpc) is 2.34. The minimum Gasteiger partial charge on any atom is -0.493 e. The molecule has 0 fully saturated rings. The van der Waals surface area contributed by atoms with Gasteiger partial charge in [-0.25, -0.2) is 0 Å². The molecule has 0 radical (unpaired) electrons. The predicted molar refractivity (Wildman–Crippen MR) is 44.8 cm³/mol. The lowest BCUT2D eigenvalue weighted by Gasteiger charge is -2.03. The molecule has 58 valence electrons. The summed E-state index contributed by atoms with van der Waals surface area (Å²) < 4.78 is 5.43. The molecular weight excluding hydrogens is 138 g/mol. The number of nitrogen functional groups attached to an aromatic ring is 1. The Morgan fingerprint density at radius 1 is 1.45 bits per heavy atom. The molecule has 0 amide bonds. The van der Waals surface area contributed by atoms with E-state index in [9.17, 15) is 0 Å². The van der Waals surface area contributed by atoms with Gasteiger partial charge in [-0.1, -0.05) is 0 Å². The molecule has 0 saturated carbocycles. The third-order valence-corrected chi connectivity index (χ3v) is 1.99. The van der Waals surface area contributed by atoms with Crippen LogP contribution in [0.2, 0.25) is 0 Å². The minimum absolute atomic E-state index is 0.805. The van der Waals surface area contributed by atoms with Gasteiger partial charge in [0.25, 0.3) is 0 Å². The zero-order valence-electron chi connectivity index (χ0n) is 6.55. The molecule has 11 heavy (non-hydrogen) atoms. The number of hydrogen-bond donors (Lipinski definition) is 1. The van der Waals surface area contributed by atoms with Crippen molar-refractivity contribution in [1.82, 2.24) is 0 Å². The highest BCUT2D eigenvalue weighted by Gasteiger charge is 2.14. The molecule has 2 rings (SSSR count). The molecular formula is C9H11NO. The highest BCUT2D eigenvalue weighted by Crippen LogP contribution is 2.30. The van der Waals surface area contributed by atoms with Gasteiger partial charge in [0.2, 0.25) is 0 Å². The fourth-order valence-corrected chi connectivity index (χ4v) is 1.53. The van der Waals surface area contributed by atoms with Crippen LogP contribution in [0.5, 0.6) is 5.75 Å². The molecule has 0 unspecified atom stereocenters. The van der Waals surface area contributed by atoms with Crippen LogP contribution in [0.3, 0.4) is 0 Å². The highest BCUT2D eigenvalue weighted by atomic mass is 16.5. The van der Waals surface area contributed by atoms with Crippen molar-refractivity contribution in [3.05, 3.63) is 23.3 Å². The predicted octanol–water partition coefficient (Wildman–Crippen LogP) is 1.51. The Kier molecular flexibility index (Phi) is 1.28. The van der Waals surface area contributed by atoms with E-state index in [1.165, 1.54) is 5.56 Å². The first kappa shape index (κ1) is 6.53. The third kappa shape index (κ3) is 0.946. The highest BCUT2D eigenvalue weighted by molar-refractivity contribution is 5.54. The summed E-state index contributed by atoms with van der Waals surface area (Å²) in [6, 6.07) is 3.94. The number of anilines is 1. The quantitative estimate of drug-likeness (QED) is 0.567. The Hall–Kier alpha value is -1.18. The van der Waals surface area contributed by atoms with Crippen molar-refractivity contribution in [3.8, 4) is 5.75 Å². The molecule has 1 aliphatic heterocycles. The van der Waals surface area contributed by atoms with Crippen molar-refractivity contribution in [2.45, 2.75) is 13.3 Å². The van der Waals surface area contributed by atoms with Crippen molar-refractivity contribution in [2.24, 2.45) is 0 Å². The van der Waals surface area contributed by atoms with Crippen LogP contribution in [0.15, 0.2) is 12.1 Å². The van der Waals surface area contributed by atoms with Crippen molar-refractivity contribution in [3.63, 3.8) is 0 Å². The molecule has 1 aromatic rings. The lowest BCUT2D eigenvalue weighted by molar-refractivity contribution is 0.354. The maximum absolute atomic E-state index is 5.68. The summed E-state index contributed by atoms with van der Waals surface area (Å²) in [7, 11) is 0. The van der Waals surface area contributed by atoms with Crippen molar-refractivity contribution in [2.75, 3.05) is 12.3 Å². The second-order valence-corrected chi connectivity index (χ2v) is 2.92. The Labute approximate surface area is 66.0 Å². The largest absolute Gasteiger partial charge is 0.493 e. The van der Waals surface area contributed by atoms with Crippen LogP contribution >= 0.6 is 0 Å².